The monoisotopic (exact) mass is 419 g/mol. The van der Waals surface area contributed by atoms with Gasteiger partial charge in [-0.15, -0.1) is 0 Å². The largest absolute Gasteiger partial charge is 0.481 e. The summed E-state index contributed by atoms with van der Waals surface area (Å²) in [4.78, 5) is 41.9. The van der Waals surface area contributed by atoms with Crippen LogP contribution in [0.3, 0.4) is 0 Å². The molecule has 8 nitrogen and oxygen atoms in total. The summed E-state index contributed by atoms with van der Waals surface area (Å²) in [6.07, 6.45) is 11.0. The highest BCUT2D eigenvalue weighted by molar-refractivity contribution is 7.80. The summed E-state index contributed by atoms with van der Waals surface area (Å²) in [7, 11) is 0. The Hall–Kier alpha value is -1.61. The Labute approximate surface area is 173 Å². The fourth-order valence-corrected chi connectivity index (χ4v) is 2.49. The van der Waals surface area contributed by atoms with Crippen LogP contribution in [0.1, 0.15) is 70.6 Å². The number of amides is 2. The summed E-state index contributed by atoms with van der Waals surface area (Å²) >= 11 is 3.55. The number of unbranched alkanes of at least 4 members (excludes halogenated alkanes) is 7. The van der Waals surface area contributed by atoms with Crippen LogP contribution in [0.4, 0.5) is 0 Å². The van der Waals surface area contributed by atoms with Crippen LogP contribution in [0, 0.1) is 0 Å². The Bertz CT molecular complexity index is 411. The number of carboxylic acids is 1. The molecule has 1 unspecified atom stereocenters. The topological polar surface area (TPSA) is 139 Å². The molecule has 2 amide bonds. The number of carbonyl (C=O) groups is 4. The number of hydrogen-bond donors (Lipinski definition) is 5. The van der Waals surface area contributed by atoms with Crippen LogP contribution in [0.15, 0.2) is 0 Å². The number of aldehydes is 1. The van der Waals surface area contributed by atoms with Crippen LogP contribution in [0.5, 0.6) is 0 Å². The number of nitrogens with two attached hydrogens (primary N) is 1. The lowest BCUT2D eigenvalue weighted by Gasteiger charge is -2.15. The van der Waals surface area contributed by atoms with Crippen LogP contribution >= 0.6 is 12.6 Å². The van der Waals surface area contributed by atoms with Gasteiger partial charge in [0.25, 0.3) is 0 Å². The lowest BCUT2D eigenvalue weighted by Crippen LogP contribution is -2.44. The summed E-state index contributed by atoms with van der Waals surface area (Å²) < 4.78 is 0. The van der Waals surface area contributed by atoms with Crippen LogP contribution in [0.25, 0.3) is 0 Å². The molecule has 0 rings (SSSR count). The molecule has 0 spiro atoms. The number of hydrogen-bond acceptors (Lipinski definition) is 6. The standard InChI is InChI=1S/C17H33N3O4.C2H4OS/c18-12-9-10-15(20-14-21)17(24)19-13-8-6-4-2-1-3-5-7-11-16(22)23;3-1-2-4/h14-15H,1-13,18H2,(H,19,24)(H,20,21)(H,22,23);1,4H,2H2. The van der Waals surface area contributed by atoms with Crippen molar-refractivity contribution in [2.24, 2.45) is 5.73 Å². The molecule has 0 saturated carbocycles. The molecular weight excluding hydrogens is 382 g/mol. The van der Waals surface area contributed by atoms with Gasteiger partial charge >= 0.3 is 5.97 Å². The van der Waals surface area contributed by atoms with E-state index in [0.717, 1.165) is 57.7 Å². The predicted molar refractivity (Wildman–Crippen MR) is 113 cm³/mol. The summed E-state index contributed by atoms with van der Waals surface area (Å²) in [5.41, 5.74) is 5.42. The van der Waals surface area contributed by atoms with E-state index >= 15 is 0 Å². The molecule has 0 aromatic heterocycles. The normalized spacial score (nSPS) is 10.9. The Kier molecular flexibility index (Phi) is 23.9. The van der Waals surface area contributed by atoms with E-state index in [1.54, 1.807) is 0 Å². The second-order valence-corrected chi connectivity index (χ2v) is 6.75. The Morgan fingerprint density at radius 3 is 1.96 bits per heavy atom. The van der Waals surface area contributed by atoms with Crippen molar-refractivity contribution >= 4 is 37.2 Å². The van der Waals surface area contributed by atoms with E-state index in [2.05, 4.69) is 23.3 Å². The molecule has 0 aliphatic carbocycles. The molecule has 5 N–H and O–H groups in total. The van der Waals surface area contributed by atoms with E-state index in [1.807, 2.05) is 0 Å². The molecule has 0 aliphatic heterocycles. The predicted octanol–water partition coefficient (Wildman–Crippen LogP) is 1.67. The molecule has 0 aromatic carbocycles. The van der Waals surface area contributed by atoms with Crippen molar-refractivity contribution in [3.8, 4) is 0 Å². The molecular formula is C19H37N3O5S. The molecule has 1 atom stereocenters. The minimum atomic E-state index is -0.717. The molecule has 164 valence electrons. The van der Waals surface area contributed by atoms with Crippen LogP contribution in [-0.4, -0.2) is 54.6 Å². The van der Waals surface area contributed by atoms with Crippen molar-refractivity contribution in [2.45, 2.75) is 76.7 Å². The van der Waals surface area contributed by atoms with Gasteiger partial charge in [0.15, 0.2) is 0 Å². The van der Waals surface area contributed by atoms with Crippen molar-refractivity contribution in [2.75, 3.05) is 18.8 Å². The zero-order valence-corrected chi connectivity index (χ0v) is 17.6. The zero-order valence-electron chi connectivity index (χ0n) is 16.7. The first-order valence-electron chi connectivity index (χ1n) is 9.97. The fourth-order valence-electron chi connectivity index (χ4n) is 2.49. The molecule has 0 aromatic rings. The van der Waals surface area contributed by atoms with Crippen molar-refractivity contribution in [1.29, 1.82) is 0 Å². The second kappa shape index (κ2) is 23.4. The minimum absolute atomic E-state index is 0.144. The Balaban J connectivity index is 0. The molecule has 28 heavy (non-hydrogen) atoms. The van der Waals surface area contributed by atoms with E-state index in [1.165, 1.54) is 0 Å². The highest BCUT2D eigenvalue weighted by Gasteiger charge is 2.15. The number of thiol groups is 1. The minimum Gasteiger partial charge on any atom is -0.481 e. The van der Waals surface area contributed by atoms with Crippen LogP contribution < -0.4 is 16.4 Å². The first-order valence-corrected chi connectivity index (χ1v) is 10.6. The molecule has 0 saturated heterocycles. The quantitative estimate of drug-likeness (QED) is 0.130. The average Bonchev–Trinajstić information content (AvgIpc) is 2.69. The van der Waals surface area contributed by atoms with Crippen molar-refractivity contribution < 1.29 is 24.3 Å². The van der Waals surface area contributed by atoms with E-state index in [4.69, 9.17) is 15.6 Å². The summed E-state index contributed by atoms with van der Waals surface area (Å²) in [5, 5.41) is 13.9. The van der Waals surface area contributed by atoms with Crippen LogP contribution in [-0.2, 0) is 19.2 Å². The highest BCUT2D eigenvalue weighted by Crippen LogP contribution is 2.09. The first-order chi connectivity index (χ1) is 13.5. The lowest BCUT2D eigenvalue weighted by atomic mass is 10.1. The lowest BCUT2D eigenvalue weighted by molar-refractivity contribution is -0.137. The van der Waals surface area contributed by atoms with Gasteiger partial charge in [-0.1, -0.05) is 38.5 Å². The number of aliphatic carboxylic acids is 1. The summed E-state index contributed by atoms with van der Waals surface area (Å²) in [5.74, 6) is -0.528. The third-order valence-corrected chi connectivity index (χ3v) is 4.12. The maximum absolute atomic E-state index is 11.9. The summed E-state index contributed by atoms with van der Waals surface area (Å²) in [6, 6.07) is -0.489. The number of carbonyl (C=O) groups excluding carboxylic acids is 3. The third kappa shape index (κ3) is 22.4. The van der Waals surface area contributed by atoms with Crippen LogP contribution in [0.2, 0.25) is 0 Å². The number of rotatable bonds is 18. The fraction of sp³-hybridized carbons (Fsp3) is 0.789. The smallest absolute Gasteiger partial charge is 0.303 e. The Morgan fingerprint density at radius 1 is 0.964 bits per heavy atom. The Morgan fingerprint density at radius 2 is 1.50 bits per heavy atom. The zero-order chi connectivity index (χ0) is 21.5. The molecule has 0 heterocycles. The van der Waals surface area contributed by atoms with Gasteiger partial charge in [0.2, 0.25) is 12.3 Å². The van der Waals surface area contributed by atoms with Gasteiger partial charge in [0, 0.05) is 18.7 Å². The van der Waals surface area contributed by atoms with Gasteiger partial charge in [0.1, 0.15) is 12.3 Å². The SMILES string of the molecule is NCCCC(NC=O)C(=O)NCCCCCCCCCCC(=O)O.O=CCS. The van der Waals surface area contributed by atoms with Gasteiger partial charge in [-0.25, -0.2) is 0 Å². The van der Waals surface area contributed by atoms with E-state index in [0.29, 0.717) is 38.1 Å². The van der Waals surface area contributed by atoms with E-state index < -0.39 is 12.0 Å². The van der Waals surface area contributed by atoms with E-state index in [9.17, 15) is 14.4 Å². The first kappa shape index (κ1) is 28.6. The van der Waals surface area contributed by atoms with Crippen molar-refractivity contribution in [1.82, 2.24) is 10.6 Å². The van der Waals surface area contributed by atoms with Gasteiger partial charge in [0.05, 0.1) is 0 Å². The highest BCUT2D eigenvalue weighted by atomic mass is 32.1. The maximum atomic E-state index is 11.9. The summed E-state index contributed by atoms with van der Waals surface area (Å²) in [6.45, 7) is 1.12. The number of carboxylic acid groups (broad SMARTS) is 1. The van der Waals surface area contributed by atoms with Gasteiger partial charge in [-0.3, -0.25) is 14.4 Å². The van der Waals surface area contributed by atoms with Crippen molar-refractivity contribution in [3.63, 3.8) is 0 Å². The van der Waals surface area contributed by atoms with Gasteiger partial charge < -0.3 is 26.3 Å². The second-order valence-electron chi connectivity index (χ2n) is 6.38. The average molecular weight is 420 g/mol. The molecule has 0 fully saturated rings. The molecule has 0 radical (unpaired) electrons. The molecule has 9 heteroatoms. The van der Waals surface area contributed by atoms with E-state index in [-0.39, 0.29) is 12.3 Å². The number of nitrogens with one attached hydrogen (secondary N) is 2. The van der Waals surface area contributed by atoms with Gasteiger partial charge in [-0.05, 0) is 32.2 Å². The van der Waals surface area contributed by atoms with Gasteiger partial charge in [-0.2, -0.15) is 12.6 Å². The van der Waals surface area contributed by atoms with Crippen molar-refractivity contribution in [3.05, 3.63) is 0 Å². The maximum Gasteiger partial charge on any atom is 0.303 e. The third-order valence-electron chi connectivity index (χ3n) is 3.97. The molecule has 0 aliphatic rings. The molecule has 0 bridgehead atoms.